The van der Waals surface area contributed by atoms with E-state index in [2.05, 4.69) is 10.5 Å². The number of amides is 1. The van der Waals surface area contributed by atoms with Gasteiger partial charge in [-0.05, 0) is 55.3 Å². The number of hydrogen-bond donors (Lipinski definition) is 1. The van der Waals surface area contributed by atoms with Crippen LogP contribution in [0.1, 0.15) is 28.4 Å². The molecule has 2 aromatic carbocycles. The van der Waals surface area contributed by atoms with Gasteiger partial charge in [0.15, 0.2) is 0 Å². The summed E-state index contributed by atoms with van der Waals surface area (Å²) in [4.78, 5) is 12.1. The van der Waals surface area contributed by atoms with Crippen molar-refractivity contribution < 1.29 is 9.53 Å². The lowest BCUT2D eigenvalue weighted by atomic mass is 10.1. The first-order chi connectivity index (χ1) is 10.1. The topological polar surface area (TPSA) is 50.7 Å². The lowest BCUT2D eigenvalue weighted by molar-refractivity contribution is 0.0954. The minimum atomic E-state index is -0.207. The van der Waals surface area contributed by atoms with Crippen molar-refractivity contribution in [1.82, 2.24) is 5.43 Å². The normalized spacial score (nSPS) is 11.1. The molecule has 0 saturated heterocycles. The van der Waals surface area contributed by atoms with Crippen LogP contribution in [0.4, 0.5) is 0 Å². The third-order valence-corrected chi connectivity index (χ3v) is 3.22. The molecular weight excluding hydrogens is 264 g/mol. The second-order valence-corrected chi connectivity index (χ2v) is 4.68. The first kappa shape index (κ1) is 14.8. The van der Waals surface area contributed by atoms with Gasteiger partial charge in [0.1, 0.15) is 5.75 Å². The van der Waals surface area contributed by atoms with Crippen molar-refractivity contribution >= 4 is 11.6 Å². The van der Waals surface area contributed by atoms with Crippen molar-refractivity contribution in [3.8, 4) is 5.75 Å². The molecule has 108 valence electrons. The van der Waals surface area contributed by atoms with Gasteiger partial charge in [-0.1, -0.05) is 18.2 Å². The fourth-order valence-corrected chi connectivity index (χ4v) is 1.92. The summed E-state index contributed by atoms with van der Waals surface area (Å²) in [6.45, 7) is 3.74. The first-order valence-corrected chi connectivity index (χ1v) is 6.66. The molecule has 0 atom stereocenters. The number of carbonyl (C=O) groups excluding carboxylic acids is 1. The summed E-state index contributed by atoms with van der Waals surface area (Å²) in [5, 5.41) is 4.14. The van der Waals surface area contributed by atoms with Crippen LogP contribution in [-0.2, 0) is 0 Å². The van der Waals surface area contributed by atoms with E-state index in [1.165, 1.54) is 0 Å². The Labute approximate surface area is 124 Å². The van der Waals surface area contributed by atoms with Crippen molar-refractivity contribution in [2.75, 3.05) is 7.11 Å². The van der Waals surface area contributed by atoms with Crippen molar-refractivity contribution in [3.05, 3.63) is 65.2 Å². The highest BCUT2D eigenvalue weighted by Gasteiger charge is 2.07. The van der Waals surface area contributed by atoms with Crippen LogP contribution in [0.5, 0.6) is 5.75 Å². The summed E-state index contributed by atoms with van der Waals surface area (Å²) in [5.41, 5.74) is 5.80. The Morgan fingerprint density at radius 1 is 1.10 bits per heavy atom. The molecule has 0 aliphatic carbocycles. The third-order valence-electron chi connectivity index (χ3n) is 3.22. The summed E-state index contributed by atoms with van der Waals surface area (Å²) in [7, 11) is 1.62. The maximum absolute atomic E-state index is 12.1. The van der Waals surface area contributed by atoms with E-state index in [-0.39, 0.29) is 5.91 Å². The Kier molecular flexibility index (Phi) is 4.72. The van der Waals surface area contributed by atoms with Crippen molar-refractivity contribution in [2.24, 2.45) is 5.10 Å². The number of nitrogens with one attached hydrogen (secondary N) is 1. The van der Waals surface area contributed by atoms with Gasteiger partial charge in [0.25, 0.3) is 5.91 Å². The standard InChI is InChI=1S/C17H18N2O2/c1-12-6-4-5-7-16(12)17(20)19-18-13(2)14-8-10-15(21-3)11-9-14/h4-11H,1-3H3,(H,19,20). The molecule has 1 amide bonds. The molecule has 2 aromatic rings. The molecule has 0 saturated carbocycles. The molecule has 21 heavy (non-hydrogen) atoms. The van der Waals surface area contributed by atoms with E-state index < -0.39 is 0 Å². The van der Waals surface area contributed by atoms with Crippen LogP contribution in [0, 0.1) is 6.92 Å². The fraction of sp³-hybridized carbons (Fsp3) is 0.176. The molecule has 0 unspecified atom stereocenters. The SMILES string of the molecule is COc1ccc(C(C)=NNC(=O)c2ccccc2C)cc1. The zero-order valence-electron chi connectivity index (χ0n) is 12.4. The molecular formula is C17H18N2O2. The predicted octanol–water partition coefficient (Wildman–Crippen LogP) is 3.16. The van der Waals surface area contributed by atoms with Crippen LogP contribution < -0.4 is 10.2 Å². The monoisotopic (exact) mass is 282 g/mol. The van der Waals surface area contributed by atoms with Crippen LogP contribution in [0.3, 0.4) is 0 Å². The highest BCUT2D eigenvalue weighted by Crippen LogP contribution is 2.12. The van der Waals surface area contributed by atoms with Crippen LogP contribution in [-0.4, -0.2) is 18.7 Å². The Hall–Kier alpha value is -2.62. The number of carbonyl (C=O) groups is 1. The van der Waals surface area contributed by atoms with Crippen LogP contribution in [0.15, 0.2) is 53.6 Å². The van der Waals surface area contributed by atoms with E-state index in [4.69, 9.17) is 4.74 Å². The Bertz CT molecular complexity index is 661. The van der Waals surface area contributed by atoms with Gasteiger partial charge in [-0.2, -0.15) is 5.10 Å². The van der Waals surface area contributed by atoms with E-state index in [1.807, 2.05) is 56.3 Å². The molecule has 0 fully saturated rings. The van der Waals surface area contributed by atoms with Crippen LogP contribution >= 0.6 is 0 Å². The molecule has 0 aliphatic rings. The van der Waals surface area contributed by atoms with E-state index in [0.29, 0.717) is 5.56 Å². The molecule has 0 aliphatic heterocycles. The van der Waals surface area contributed by atoms with Crippen molar-refractivity contribution in [2.45, 2.75) is 13.8 Å². The van der Waals surface area contributed by atoms with Crippen LogP contribution in [0.2, 0.25) is 0 Å². The number of methoxy groups -OCH3 is 1. The fourth-order valence-electron chi connectivity index (χ4n) is 1.92. The van der Waals surface area contributed by atoms with Gasteiger partial charge in [-0.3, -0.25) is 4.79 Å². The lowest BCUT2D eigenvalue weighted by Gasteiger charge is -2.06. The van der Waals surface area contributed by atoms with Crippen molar-refractivity contribution in [3.63, 3.8) is 0 Å². The van der Waals surface area contributed by atoms with Crippen LogP contribution in [0.25, 0.3) is 0 Å². The molecule has 4 nitrogen and oxygen atoms in total. The maximum Gasteiger partial charge on any atom is 0.271 e. The zero-order valence-corrected chi connectivity index (χ0v) is 12.4. The summed E-state index contributed by atoms with van der Waals surface area (Å²) >= 11 is 0. The van der Waals surface area contributed by atoms with E-state index in [1.54, 1.807) is 13.2 Å². The summed E-state index contributed by atoms with van der Waals surface area (Å²) in [6.07, 6.45) is 0. The van der Waals surface area contributed by atoms with Gasteiger partial charge in [-0.15, -0.1) is 0 Å². The minimum absolute atomic E-state index is 0.207. The first-order valence-electron chi connectivity index (χ1n) is 6.66. The maximum atomic E-state index is 12.1. The number of benzene rings is 2. The second kappa shape index (κ2) is 6.70. The predicted molar refractivity (Wildman–Crippen MR) is 83.9 cm³/mol. The van der Waals surface area contributed by atoms with E-state index >= 15 is 0 Å². The molecule has 0 radical (unpaired) electrons. The Balaban J connectivity index is 2.09. The lowest BCUT2D eigenvalue weighted by Crippen LogP contribution is -2.20. The molecule has 1 N–H and O–H groups in total. The van der Waals surface area contributed by atoms with E-state index in [9.17, 15) is 4.79 Å². The molecule has 0 spiro atoms. The quantitative estimate of drug-likeness (QED) is 0.691. The average Bonchev–Trinajstić information content (AvgIpc) is 2.52. The summed E-state index contributed by atoms with van der Waals surface area (Å²) in [5.74, 6) is 0.580. The van der Waals surface area contributed by atoms with Gasteiger partial charge in [0.2, 0.25) is 0 Å². The number of hydrogen-bond acceptors (Lipinski definition) is 3. The number of hydrazone groups is 1. The number of rotatable bonds is 4. The zero-order chi connectivity index (χ0) is 15.2. The molecule has 2 rings (SSSR count). The number of ether oxygens (including phenoxy) is 1. The number of aryl methyl sites for hydroxylation is 1. The Morgan fingerprint density at radius 3 is 2.38 bits per heavy atom. The van der Waals surface area contributed by atoms with Gasteiger partial charge in [0.05, 0.1) is 12.8 Å². The summed E-state index contributed by atoms with van der Waals surface area (Å²) < 4.78 is 5.11. The largest absolute Gasteiger partial charge is 0.497 e. The molecule has 0 heterocycles. The van der Waals surface area contributed by atoms with Gasteiger partial charge in [0, 0.05) is 5.56 Å². The molecule has 0 aromatic heterocycles. The molecule has 4 heteroatoms. The second-order valence-electron chi connectivity index (χ2n) is 4.68. The van der Waals surface area contributed by atoms with Crippen molar-refractivity contribution in [1.29, 1.82) is 0 Å². The van der Waals surface area contributed by atoms with Gasteiger partial charge in [-0.25, -0.2) is 5.43 Å². The average molecular weight is 282 g/mol. The highest BCUT2D eigenvalue weighted by atomic mass is 16.5. The van der Waals surface area contributed by atoms with Gasteiger partial charge < -0.3 is 4.74 Å². The molecule has 0 bridgehead atoms. The summed E-state index contributed by atoms with van der Waals surface area (Å²) in [6, 6.07) is 14.9. The highest BCUT2D eigenvalue weighted by molar-refractivity contribution is 6.01. The third kappa shape index (κ3) is 3.69. The smallest absolute Gasteiger partial charge is 0.271 e. The minimum Gasteiger partial charge on any atom is -0.497 e. The van der Waals surface area contributed by atoms with E-state index in [0.717, 1.165) is 22.6 Å². The Morgan fingerprint density at radius 2 is 1.76 bits per heavy atom. The van der Waals surface area contributed by atoms with Gasteiger partial charge >= 0.3 is 0 Å². The number of nitrogens with zero attached hydrogens (tertiary/aromatic N) is 1.